The van der Waals surface area contributed by atoms with Gasteiger partial charge in [0, 0.05) is 18.8 Å². The first-order valence-electron chi connectivity index (χ1n) is 9.73. The van der Waals surface area contributed by atoms with Crippen molar-refractivity contribution in [3.8, 4) is 11.6 Å². The zero-order chi connectivity index (χ0) is 20.7. The quantitative estimate of drug-likeness (QED) is 0.422. The Hall–Kier alpha value is -3.18. The van der Waals surface area contributed by atoms with Gasteiger partial charge in [0.1, 0.15) is 0 Å². The molecule has 4 aromatic heterocycles. The Bertz CT molecular complexity index is 1150. The molecule has 0 amide bonds. The van der Waals surface area contributed by atoms with Crippen molar-refractivity contribution in [3.63, 3.8) is 0 Å². The molecule has 5 heterocycles. The second-order valence-electron chi connectivity index (χ2n) is 7.24. The zero-order valence-corrected chi connectivity index (χ0v) is 17.0. The number of aromatic amines is 1. The Morgan fingerprint density at radius 3 is 3.07 bits per heavy atom. The molecule has 1 aliphatic heterocycles. The number of nitrogen functional groups attached to an aromatic ring is 1. The number of anilines is 2. The van der Waals surface area contributed by atoms with E-state index in [2.05, 4.69) is 47.4 Å². The molecule has 1 aliphatic rings. The molecular weight excluding hydrogens is 408 g/mol. The van der Waals surface area contributed by atoms with Gasteiger partial charge in [-0.2, -0.15) is 24.6 Å². The number of nitrogens with one attached hydrogen (secondary N) is 2. The SMILES string of the molecule is CC(c1n[nH]cc1Cl)N1CCCC1CNc1nc(N)n2nc(-c3ccco3)nc2n1. The van der Waals surface area contributed by atoms with E-state index in [9.17, 15) is 0 Å². The minimum absolute atomic E-state index is 0.110. The Kier molecular flexibility index (Phi) is 4.75. The number of H-pyrrole nitrogens is 1. The van der Waals surface area contributed by atoms with E-state index in [-0.39, 0.29) is 12.0 Å². The number of rotatable bonds is 6. The van der Waals surface area contributed by atoms with Crippen LogP contribution in [0.15, 0.2) is 29.0 Å². The molecule has 12 heteroatoms. The third-order valence-corrected chi connectivity index (χ3v) is 5.71. The van der Waals surface area contributed by atoms with Crippen molar-refractivity contribution < 1.29 is 4.42 Å². The summed E-state index contributed by atoms with van der Waals surface area (Å²) in [6, 6.07) is 3.95. The molecule has 0 aliphatic carbocycles. The van der Waals surface area contributed by atoms with E-state index in [1.165, 1.54) is 4.52 Å². The predicted octanol–water partition coefficient (Wildman–Crippen LogP) is 2.38. The Morgan fingerprint density at radius 2 is 2.30 bits per heavy atom. The van der Waals surface area contributed by atoms with E-state index in [4.69, 9.17) is 21.8 Å². The van der Waals surface area contributed by atoms with E-state index in [1.807, 2.05) is 0 Å². The number of halogens is 1. The van der Waals surface area contributed by atoms with Crippen LogP contribution in [0.25, 0.3) is 17.4 Å². The molecule has 1 fully saturated rings. The van der Waals surface area contributed by atoms with E-state index in [1.54, 1.807) is 24.6 Å². The van der Waals surface area contributed by atoms with Crippen molar-refractivity contribution in [2.45, 2.75) is 31.8 Å². The van der Waals surface area contributed by atoms with Gasteiger partial charge < -0.3 is 15.5 Å². The van der Waals surface area contributed by atoms with E-state index >= 15 is 0 Å². The maximum atomic E-state index is 6.25. The Labute approximate surface area is 176 Å². The number of fused-ring (bicyclic) bond motifs is 1. The summed E-state index contributed by atoms with van der Waals surface area (Å²) in [6.07, 6.45) is 5.44. The van der Waals surface area contributed by atoms with Crippen LogP contribution in [0.1, 0.15) is 31.5 Å². The van der Waals surface area contributed by atoms with E-state index in [0.29, 0.717) is 40.9 Å². The second kappa shape index (κ2) is 7.58. The summed E-state index contributed by atoms with van der Waals surface area (Å²) in [4.78, 5) is 15.6. The highest BCUT2D eigenvalue weighted by atomic mass is 35.5. The van der Waals surface area contributed by atoms with Crippen LogP contribution in [0.4, 0.5) is 11.9 Å². The van der Waals surface area contributed by atoms with Crippen LogP contribution < -0.4 is 11.1 Å². The normalized spacial score (nSPS) is 18.3. The molecule has 0 bridgehead atoms. The largest absolute Gasteiger partial charge is 0.461 e. The Morgan fingerprint density at radius 1 is 1.40 bits per heavy atom. The monoisotopic (exact) mass is 428 g/mol. The lowest BCUT2D eigenvalue weighted by molar-refractivity contribution is 0.196. The van der Waals surface area contributed by atoms with Crippen molar-refractivity contribution >= 4 is 29.3 Å². The first kappa shape index (κ1) is 18.8. The molecule has 11 nitrogen and oxygen atoms in total. The minimum Gasteiger partial charge on any atom is -0.461 e. The molecule has 0 aromatic carbocycles. The highest BCUT2D eigenvalue weighted by molar-refractivity contribution is 6.31. The first-order chi connectivity index (χ1) is 14.6. The summed E-state index contributed by atoms with van der Waals surface area (Å²) in [5.41, 5.74) is 6.93. The summed E-state index contributed by atoms with van der Waals surface area (Å²) in [5, 5.41) is 15.4. The highest BCUT2D eigenvalue weighted by Crippen LogP contribution is 2.31. The number of hydrogen-bond donors (Lipinski definition) is 3. The van der Waals surface area contributed by atoms with Gasteiger partial charge >= 0.3 is 0 Å². The lowest BCUT2D eigenvalue weighted by atomic mass is 10.1. The van der Waals surface area contributed by atoms with E-state index in [0.717, 1.165) is 25.1 Å². The van der Waals surface area contributed by atoms with Gasteiger partial charge in [-0.15, -0.1) is 5.10 Å². The zero-order valence-electron chi connectivity index (χ0n) is 16.3. The van der Waals surface area contributed by atoms with Crippen molar-refractivity contribution in [1.82, 2.24) is 39.7 Å². The number of nitrogens with two attached hydrogens (primary N) is 1. The number of likely N-dealkylation sites (tertiary alicyclic amines) is 1. The minimum atomic E-state index is 0.110. The molecule has 2 atom stereocenters. The van der Waals surface area contributed by atoms with Crippen LogP contribution >= 0.6 is 11.6 Å². The van der Waals surface area contributed by atoms with Gasteiger partial charge in [0.25, 0.3) is 5.78 Å². The number of furan rings is 1. The third kappa shape index (κ3) is 3.35. The van der Waals surface area contributed by atoms with Crippen LogP contribution in [0.3, 0.4) is 0 Å². The summed E-state index contributed by atoms with van der Waals surface area (Å²) >= 11 is 6.25. The third-order valence-electron chi connectivity index (χ3n) is 5.41. The number of hydrogen-bond acceptors (Lipinski definition) is 9. The van der Waals surface area contributed by atoms with Gasteiger partial charge in [0.05, 0.1) is 23.0 Å². The topological polar surface area (TPSA) is 139 Å². The van der Waals surface area contributed by atoms with Crippen LogP contribution in [-0.4, -0.2) is 58.8 Å². The van der Waals surface area contributed by atoms with Gasteiger partial charge in [0.2, 0.25) is 17.7 Å². The van der Waals surface area contributed by atoms with E-state index < -0.39 is 0 Å². The smallest absolute Gasteiger partial charge is 0.259 e. The predicted molar refractivity (Wildman–Crippen MR) is 111 cm³/mol. The van der Waals surface area contributed by atoms with Crippen LogP contribution in [0.2, 0.25) is 5.02 Å². The van der Waals surface area contributed by atoms with Gasteiger partial charge in [-0.05, 0) is 38.4 Å². The average molecular weight is 429 g/mol. The molecule has 1 saturated heterocycles. The van der Waals surface area contributed by atoms with Crippen molar-refractivity contribution in [3.05, 3.63) is 35.3 Å². The molecule has 0 saturated carbocycles. The number of aromatic nitrogens is 7. The second-order valence-corrected chi connectivity index (χ2v) is 7.65. The van der Waals surface area contributed by atoms with Crippen molar-refractivity contribution in [2.24, 2.45) is 0 Å². The maximum absolute atomic E-state index is 6.25. The van der Waals surface area contributed by atoms with Crippen molar-refractivity contribution in [1.29, 1.82) is 0 Å². The van der Waals surface area contributed by atoms with Crippen LogP contribution in [0, 0.1) is 0 Å². The molecule has 30 heavy (non-hydrogen) atoms. The summed E-state index contributed by atoms with van der Waals surface area (Å²) in [6.45, 7) is 3.77. The molecule has 0 radical (unpaired) electrons. The fourth-order valence-corrected chi connectivity index (χ4v) is 4.18. The molecule has 156 valence electrons. The molecule has 4 aromatic rings. The fraction of sp³-hybridized carbons (Fsp3) is 0.389. The lowest BCUT2D eigenvalue weighted by Gasteiger charge is -2.30. The molecule has 4 N–H and O–H groups in total. The highest BCUT2D eigenvalue weighted by Gasteiger charge is 2.31. The number of nitrogens with zero attached hydrogens (tertiary/aromatic N) is 7. The fourth-order valence-electron chi connectivity index (χ4n) is 3.93. The summed E-state index contributed by atoms with van der Waals surface area (Å²) < 4.78 is 6.74. The van der Waals surface area contributed by atoms with Gasteiger partial charge in [0.15, 0.2) is 5.76 Å². The average Bonchev–Trinajstić information content (AvgIpc) is 3.51. The standard InChI is InChI=1S/C18H21ClN10O/c1-10(14-12(19)9-22-26-14)28-6-2-4-11(28)8-21-17-24-16(20)29-18(25-17)23-15(27-29)13-5-3-7-30-13/h3,5,7,9-11H,2,4,6,8H2,1H3,(H,22,26)(H3,20,21,23,24,25,27). The van der Waals surface area contributed by atoms with Gasteiger partial charge in [-0.1, -0.05) is 11.6 Å². The molecule has 2 unspecified atom stereocenters. The van der Waals surface area contributed by atoms with Crippen LogP contribution in [-0.2, 0) is 0 Å². The Balaban J connectivity index is 1.32. The molecule has 0 spiro atoms. The first-order valence-corrected chi connectivity index (χ1v) is 10.1. The lowest BCUT2D eigenvalue weighted by Crippen LogP contribution is -2.37. The summed E-state index contributed by atoms with van der Waals surface area (Å²) in [5.74, 6) is 1.92. The van der Waals surface area contributed by atoms with Crippen molar-refractivity contribution in [2.75, 3.05) is 24.1 Å². The van der Waals surface area contributed by atoms with Gasteiger partial charge in [-0.3, -0.25) is 10.00 Å². The van der Waals surface area contributed by atoms with Gasteiger partial charge in [-0.25, -0.2) is 0 Å². The molecular formula is C18H21ClN10O. The molecule has 5 rings (SSSR count). The summed E-state index contributed by atoms with van der Waals surface area (Å²) in [7, 11) is 0. The maximum Gasteiger partial charge on any atom is 0.259 e. The van der Waals surface area contributed by atoms with Crippen LogP contribution in [0.5, 0.6) is 0 Å².